The number of hydrogen-bond donors (Lipinski definition) is 2. The number of aromatic amines is 1. The zero-order valence-electron chi connectivity index (χ0n) is 30.4. The first-order chi connectivity index (χ1) is 24.4. The Morgan fingerprint density at radius 3 is 2.29 bits per heavy atom. The summed E-state index contributed by atoms with van der Waals surface area (Å²) in [6.45, 7) is 11.1. The Kier molecular flexibility index (Phi) is 10.8. The van der Waals surface area contributed by atoms with Gasteiger partial charge in [0.25, 0.3) is 0 Å². The van der Waals surface area contributed by atoms with Gasteiger partial charge in [0.05, 0.1) is 24.4 Å². The van der Waals surface area contributed by atoms with Crippen LogP contribution in [-0.4, -0.2) is 75.2 Å². The summed E-state index contributed by atoms with van der Waals surface area (Å²) in [5.41, 5.74) is 4.62. The van der Waals surface area contributed by atoms with Crippen molar-refractivity contribution in [2.24, 2.45) is 0 Å². The third kappa shape index (κ3) is 8.59. The highest BCUT2D eigenvalue weighted by atomic mass is 16.6. The number of hydrogen-bond acceptors (Lipinski definition) is 6. The van der Waals surface area contributed by atoms with Gasteiger partial charge >= 0.3 is 5.97 Å². The number of amides is 2. The lowest BCUT2D eigenvalue weighted by molar-refractivity contribution is -0.157. The normalized spacial score (nSPS) is 18.7. The maximum absolute atomic E-state index is 14.0. The number of nitrogens with one attached hydrogen (secondary N) is 2. The Bertz CT molecular complexity index is 1870. The molecule has 268 valence electrons. The van der Waals surface area contributed by atoms with Crippen LogP contribution in [0, 0.1) is 0 Å². The molecule has 51 heavy (non-hydrogen) atoms. The molecule has 0 saturated carbocycles. The number of H-pyrrole nitrogens is 1. The first kappa shape index (κ1) is 36.0. The third-order valence-corrected chi connectivity index (χ3v) is 9.99. The van der Waals surface area contributed by atoms with Crippen LogP contribution in [0.15, 0.2) is 78.9 Å². The van der Waals surface area contributed by atoms with Crippen molar-refractivity contribution in [3.8, 4) is 11.3 Å². The summed E-state index contributed by atoms with van der Waals surface area (Å²) in [5.74, 6) is -1.34. The molecule has 2 amide bonds. The number of rotatable bonds is 11. The fraction of sp³-hybridized carbons (Fsp3) is 0.429. The number of esters is 1. The topological polar surface area (TPSA) is 112 Å². The van der Waals surface area contributed by atoms with Crippen LogP contribution >= 0.6 is 0 Å². The second kappa shape index (κ2) is 15.2. The SMILES string of the molecule is CC(C)N1CCC[C@H]1C(=O)Nc1ccc(-c2cc3cc(CC(=O)[C@@H]4CCCN4C(=O)[C@H](CC(=O)OC(C)(C)C)c4ccccc4)ccc3[nH]2)cc1. The van der Waals surface area contributed by atoms with E-state index in [2.05, 4.69) is 35.1 Å². The quantitative estimate of drug-likeness (QED) is 0.160. The summed E-state index contributed by atoms with van der Waals surface area (Å²) in [6.07, 6.45) is 3.37. The maximum Gasteiger partial charge on any atom is 0.307 e. The Morgan fingerprint density at radius 1 is 0.882 bits per heavy atom. The minimum Gasteiger partial charge on any atom is -0.460 e. The van der Waals surface area contributed by atoms with E-state index >= 15 is 0 Å². The van der Waals surface area contributed by atoms with Gasteiger partial charge in [-0.2, -0.15) is 0 Å². The number of anilines is 1. The van der Waals surface area contributed by atoms with Gasteiger partial charge in [0.1, 0.15) is 5.60 Å². The summed E-state index contributed by atoms with van der Waals surface area (Å²) in [6, 6.07) is 24.9. The first-order valence-corrected chi connectivity index (χ1v) is 18.2. The number of aromatic nitrogens is 1. The summed E-state index contributed by atoms with van der Waals surface area (Å²) in [4.78, 5) is 61.1. The standard InChI is InChI=1S/C42H50N4O5/c1-27(2)45-21-10-14-37(45)40(49)43-32-18-16-30(17-19-32)35-25-31-23-28(15-20-34(31)44-35)24-38(47)36-13-9-22-46(36)41(50)33(29-11-7-6-8-12-29)26-39(48)51-42(3,4)5/h6-8,11-12,15-20,23,25,27,33,36-37,44H,9-10,13-14,21-22,24,26H2,1-5H3,(H,43,49)/t33-,36+,37+/m1/s1. The fourth-order valence-electron chi connectivity index (χ4n) is 7.56. The highest BCUT2D eigenvalue weighted by Gasteiger charge is 2.39. The molecule has 0 aliphatic carbocycles. The molecule has 3 aromatic carbocycles. The van der Waals surface area contributed by atoms with E-state index in [0.717, 1.165) is 64.8 Å². The van der Waals surface area contributed by atoms with Gasteiger partial charge in [-0.3, -0.25) is 24.1 Å². The van der Waals surface area contributed by atoms with Gasteiger partial charge in [0.15, 0.2) is 5.78 Å². The minimum absolute atomic E-state index is 0.00760. The van der Waals surface area contributed by atoms with Crippen molar-refractivity contribution in [3.63, 3.8) is 0 Å². The maximum atomic E-state index is 14.0. The van der Waals surface area contributed by atoms with E-state index in [9.17, 15) is 19.2 Å². The predicted octanol–water partition coefficient (Wildman–Crippen LogP) is 7.26. The predicted molar refractivity (Wildman–Crippen MR) is 200 cm³/mol. The molecule has 2 fully saturated rings. The van der Waals surface area contributed by atoms with E-state index in [1.807, 2.05) is 93.6 Å². The number of ether oxygens (including phenoxy) is 1. The monoisotopic (exact) mass is 690 g/mol. The summed E-state index contributed by atoms with van der Waals surface area (Å²) in [5, 5.41) is 4.08. The average Bonchev–Trinajstić information content (AvgIpc) is 3.87. The molecule has 2 aliphatic rings. The molecule has 1 aromatic heterocycles. The van der Waals surface area contributed by atoms with Crippen LogP contribution in [0.4, 0.5) is 5.69 Å². The number of nitrogens with zero attached hydrogens (tertiary/aromatic N) is 2. The van der Waals surface area contributed by atoms with Crippen molar-refractivity contribution in [1.29, 1.82) is 0 Å². The molecule has 9 nitrogen and oxygen atoms in total. The lowest BCUT2D eigenvalue weighted by Crippen LogP contribution is -2.44. The number of likely N-dealkylation sites (tertiary alicyclic amines) is 2. The van der Waals surface area contributed by atoms with Crippen LogP contribution in [0.1, 0.15) is 83.8 Å². The molecule has 6 rings (SSSR count). The summed E-state index contributed by atoms with van der Waals surface area (Å²) in [7, 11) is 0. The molecule has 2 N–H and O–H groups in total. The molecule has 2 aliphatic heterocycles. The first-order valence-electron chi connectivity index (χ1n) is 18.2. The lowest BCUT2D eigenvalue weighted by atomic mass is 9.93. The van der Waals surface area contributed by atoms with E-state index in [4.69, 9.17) is 4.74 Å². The number of carbonyl (C=O) groups excluding carboxylic acids is 4. The van der Waals surface area contributed by atoms with Crippen LogP contribution < -0.4 is 5.32 Å². The van der Waals surface area contributed by atoms with E-state index in [-0.39, 0.29) is 36.5 Å². The smallest absolute Gasteiger partial charge is 0.307 e. The highest BCUT2D eigenvalue weighted by Crippen LogP contribution is 2.31. The van der Waals surface area contributed by atoms with Gasteiger partial charge in [-0.15, -0.1) is 0 Å². The van der Waals surface area contributed by atoms with Crippen LogP contribution in [0.2, 0.25) is 0 Å². The molecule has 9 heteroatoms. The van der Waals surface area contributed by atoms with E-state index in [1.54, 1.807) is 4.90 Å². The summed E-state index contributed by atoms with van der Waals surface area (Å²) >= 11 is 0. The van der Waals surface area contributed by atoms with Gasteiger partial charge in [-0.25, -0.2) is 0 Å². The van der Waals surface area contributed by atoms with Crippen LogP contribution in [0.3, 0.4) is 0 Å². The average molecular weight is 691 g/mol. The van der Waals surface area contributed by atoms with Crippen molar-refractivity contribution in [2.75, 3.05) is 18.4 Å². The van der Waals surface area contributed by atoms with E-state index < -0.39 is 23.5 Å². The third-order valence-electron chi connectivity index (χ3n) is 9.99. The zero-order valence-corrected chi connectivity index (χ0v) is 30.4. The Balaban J connectivity index is 1.12. The van der Waals surface area contributed by atoms with Crippen LogP contribution in [-0.2, 0) is 30.3 Å². The molecule has 0 spiro atoms. The Morgan fingerprint density at radius 2 is 1.59 bits per heavy atom. The molecule has 2 saturated heterocycles. The summed E-state index contributed by atoms with van der Waals surface area (Å²) < 4.78 is 5.57. The Hall–Kier alpha value is -4.76. The molecule has 3 heterocycles. The Labute approximate surface area is 300 Å². The van der Waals surface area contributed by atoms with E-state index in [0.29, 0.717) is 19.0 Å². The van der Waals surface area contributed by atoms with Gasteiger partial charge in [0.2, 0.25) is 11.8 Å². The van der Waals surface area contributed by atoms with Gasteiger partial charge < -0.3 is 19.9 Å². The van der Waals surface area contributed by atoms with Gasteiger partial charge in [-0.05, 0) is 114 Å². The van der Waals surface area contributed by atoms with E-state index in [1.165, 1.54) is 0 Å². The van der Waals surface area contributed by atoms with Crippen LogP contribution in [0.25, 0.3) is 22.2 Å². The van der Waals surface area contributed by atoms with Crippen molar-refractivity contribution < 1.29 is 23.9 Å². The van der Waals surface area contributed by atoms with Crippen molar-refractivity contribution >= 4 is 40.2 Å². The fourth-order valence-corrected chi connectivity index (χ4v) is 7.56. The number of Topliss-reactive ketones (excluding diaryl/α,β-unsaturated/α-hetero) is 1. The zero-order chi connectivity index (χ0) is 36.3. The molecule has 0 bridgehead atoms. The highest BCUT2D eigenvalue weighted by molar-refractivity contribution is 5.96. The molecule has 0 radical (unpaired) electrons. The molecular weight excluding hydrogens is 640 g/mol. The molecular formula is C42H50N4O5. The molecule has 3 atom stereocenters. The number of benzene rings is 3. The van der Waals surface area contributed by atoms with Crippen molar-refractivity contribution in [2.45, 2.75) is 103 Å². The second-order valence-electron chi connectivity index (χ2n) is 15.2. The largest absolute Gasteiger partial charge is 0.460 e. The molecule has 4 aromatic rings. The number of ketones is 1. The lowest BCUT2D eigenvalue weighted by Gasteiger charge is -2.29. The van der Waals surface area contributed by atoms with Gasteiger partial charge in [0, 0.05) is 41.3 Å². The number of fused-ring (bicyclic) bond motifs is 1. The van der Waals surface area contributed by atoms with Crippen molar-refractivity contribution in [1.82, 2.24) is 14.8 Å². The number of carbonyl (C=O) groups is 4. The molecule has 0 unspecified atom stereocenters. The van der Waals surface area contributed by atoms with Gasteiger partial charge in [-0.1, -0.05) is 48.5 Å². The van der Waals surface area contributed by atoms with Crippen LogP contribution in [0.5, 0.6) is 0 Å². The van der Waals surface area contributed by atoms with Crippen molar-refractivity contribution in [3.05, 3.63) is 90.0 Å². The minimum atomic E-state index is -0.725. The second-order valence-corrected chi connectivity index (χ2v) is 15.2.